The maximum absolute atomic E-state index is 10.8. The Morgan fingerprint density at radius 2 is 2.31 bits per heavy atom. The SMILES string of the molecule is O=C(O)c1cccc2c1OCOC2. The molecule has 0 saturated carbocycles. The third kappa shape index (κ3) is 1.36. The minimum Gasteiger partial charge on any atom is -0.478 e. The number of benzene rings is 1. The van der Waals surface area contributed by atoms with Crippen molar-refractivity contribution < 1.29 is 19.4 Å². The lowest BCUT2D eigenvalue weighted by Crippen LogP contribution is -2.14. The van der Waals surface area contributed by atoms with Gasteiger partial charge in [0.1, 0.15) is 11.3 Å². The number of hydrogen-bond donors (Lipinski definition) is 1. The van der Waals surface area contributed by atoms with E-state index in [9.17, 15) is 4.79 Å². The Hall–Kier alpha value is -1.55. The Balaban J connectivity index is 2.52. The second-order valence-electron chi connectivity index (χ2n) is 2.71. The fourth-order valence-corrected chi connectivity index (χ4v) is 1.29. The molecule has 1 aromatic carbocycles. The summed E-state index contributed by atoms with van der Waals surface area (Å²) >= 11 is 0. The molecule has 4 nitrogen and oxygen atoms in total. The fourth-order valence-electron chi connectivity index (χ4n) is 1.29. The number of rotatable bonds is 1. The van der Waals surface area contributed by atoms with Crippen LogP contribution in [0.3, 0.4) is 0 Å². The predicted molar refractivity (Wildman–Crippen MR) is 43.7 cm³/mol. The summed E-state index contributed by atoms with van der Waals surface area (Å²) in [5, 5.41) is 8.82. The van der Waals surface area contributed by atoms with Crippen LogP contribution in [-0.2, 0) is 11.3 Å². The Morgan fingerprint density at radius 1 is 1.46 bits per heavy atom. The summed E-state index contributed by atoms with van der Waals surface area (Å²) < 4.78 is 10.1. The molecule has 0 fully saturated rings. The lowest BCUT2D eigenvalue weighted by molar-refractivity contribution is -0.0171. The first-order valence-electron chi connectivity index (χ1n) is 3.85. The van der Waals surface area contributed by atoms with Crippen molar-refractivity contribution in [1.29, 1.82) is 0 Å². The highest BCUT2D eigenvalue weighted by Crippen LogP contribution is 2.27. The topological polar surface area (TPSA) is 55.8 Å². The Morgan fingerprint density at radius 3 is 3.08 bits per heavy atom. The highest BCUT2D eigenvalue weighted by atomic mass is 16.7. The Bertz CT molecular complexity index is 345. The van der Waals surface area contributed by atoms with E-state index in [0.717, 1.165) is 5.56 Å². The number of carboxylic acid groups (broad SMARTS) is 1. The summed E-state index contributed by atoms with van der Waals surface area (Å²) in [6.07, 6.45) is 0. The molecule has 0 spiro atoms. The van der Waals surface area contributed by atoms with E-state index < -0.39 is 5.97 Å². The van der Waals surface area contributed by atoms with Crippen molar-refractivity contribution in [3.05, 3.63) is 29.3 Å². The number of ether oxygens (including phenoxy) is 2. The molecule has 0 unspecified atom stereocenters. The molecule has 1 aromatic rings. The van der Waals surface area contributed by atoms with Crippen LogP contribution in [0.5, 0.6) is 5.75 Å². The molecule has 0 atom stereocenters. The second kappa shape index (κ2) is 3.06. The largest absolute Gasteiger partial charge is 0.478 e. The normalized spacial score (nSPS) is 14.5. The number of aromatic carboxylic acids is 1. The highest BCUT2D eigenvalue weighted by molar-refractivity contribution is 5.91. The van der Waals surface area contributed by atoms with Crippen LogP contribution in [0.2, 0.25) is 0 Å². The first kappa shape index (κ1) is 8.07. The lowest BCUT2D eigenvalue weighted by Gasteiger charge is -2.18. The van der Waals surface area contributed by atoms with Crippen LogP contribution in [0, 0.1) is 0 Å². The summed E-state index contributed by atoms with van der Waals surface area (Å²) in [6.45, 7) is 0.535. The number of carbonyl (C=O) groups is 1. The minimum atomic E-state index is -0.973. The van der Waals surface area contributed by atoms with E-state index in [1.807, 2.05) is 0 Å². The van der Waals surface area contributed by atoms with Crippen molar-refractivity contribution in [3.8, 4) is 5.75 Å². The van der Waals surface area contributed by atoms with Gasteiger partial charge in [-0.2, -0.15) is 0 Å². The molecule has 0 saturated heterocycles. The van der Waals surface area contributed by atoms with Crippen molar-refractivity contribution in [2.75, 3.05) is 6.79 Å². The molecule has 0 radical (unpaired) electrons. The molecule has 0 amide bonds. The van der Waals surface area contributed by atoms with E-state index in [2.05, 4.69) is 0 Å². The van der Waals surface area contributed by atoms with Gasteiger partial charge in [-0.25, -0.2) is 4.79 Å². The van der Waals surface area contributed by atoms with Crippen LogP contribution < -0.4 is 4.74 Å². The maximum atomic E-state index is 10.8. The molecule has 2 rings (SSSR count). The van der Waals surface area contributed by atoms with Gasteiger partial charge in [0.25, 0.3) is 0 Å². The van der Waals surface area contributed by atoms with E-state index in [1.54, 1.807) is 12.1 Å². The van der Waals surface area contributed by atoms with Gasteiger partial charge in [0.2, 0.25) is 0 Å². The van der Waals surface area contributed by atoms with E-state index in [-0.39, 0.29) is 12.4 Å². The summed E-state index contributed by atoms with van der Waals surface area (Å²) in [6, 6.07) is 4.99. The summed E-state index contributed by atoms with van der Waals surface area (Å²) in [5.74, 6) is -0.542. The molecule has 1 aliphatic heterocycles. The monoisotopic (exact) mass is 180 g/mol. The molecule has 68 valence electrons. The summed E-state index contributed by atoms with van der Waals surface area (Å²) in [5.41, 5.74) is 0.979. The van der Waals surface area contributed by atoms with Crippen LogP contribution in [0.1, 0.15) is 15.9 Å². The van der Waals surface area contributed by atoms with Crippen LogP contribution >= 0.6 is 0 Å². The standard InChI is InChI=1S/C9H8O4/c10-9(11)7-3-1-2-6-4-12-5-13-8(6)7/h1-3H,4-5H2,(H,10,11). The van der Waals surface area contributed by atoms with Crippen molar-refractivity contribution >= 4 is 5.97 Å². The second-order valence-corrected chi connectivity index (χ2v) is 2.71. The Kier molecular flexibility index (Phi) is 1.90. The number of fused-ring (bicyclic) bond motifs is 1. The van der Waals surface area contributed by atoms with Gasteiger partial charge in [-0.05, 0) is 6.07 Å². The molecule has 4 heteroatoms. The molecule has 13 heavy (non-hydrogen) atoms. The zero-order valence-corrected chi connectivity index (χ0v) is 6.82. The van der Waals surface area contributed by atoms with Crippen molar-refractivity contribution in [3.63, 3.8) is 0 Å². The fraction of sp³-hybridized carbons (Fsp3) is 0.222. The van der Waals surface area contributed by atoms with E-state index in [1.165, 1.54) is 6.07 Å². The minimum absolute atomic E-state index is 0.122. The zero-order chi connectivity index (χ0) is 9.26. The van der Waals surface area contributed by atoms with Crippen molar-refractivity contribution in [2.24, 2.45) is 0 Å². The third-order valence-corrected chi connectivity index (χ3v) is 1.87. The lowest BCUT2D eigenvalue weighted by atomic mass is 10.1. The molecule has 1 aliphatic rings. The molecule has 0 aromatic heterocycles. The summed E-state index contributed by atoms with van der Waals surface area (Å²) in [4.78, 5) is 10.8. The predicted octanol–water partition coefficient (Wildman–Crippen LogP) is 1.25. The van der Waals surface area contributed by atoms with Crippen LogP contribution in [-0.4, -0.2) is 17.9 Å². The van der Waals surface area contributed by atoms with E-state index >= 15 is 0 Å². The molecular formula is C9H8O4. The van der Waals surface area contributed by atoms with Gasteiger partial charge in [0.15, 0.2) is 6.79 Å². The first-order valence-corrected chi connectivity index (χ1v) is 3.85. The van der Waals surface area contributed by atoms with Crippen LogP contribution in [0.25, 0.3) is 0 Å². The molecule has 0 bridgehead atoms. The van der Waals surface area contributed by atoms with Crippen molar-refractivity contribution in [2.45, 2.75) is 6.61 Å². The van der Waals surface area contributed by atoms with Crippen LogP contribution in [0.4, 0.5) is 0 Å². The third-order valence-electron chi connectivity index (χ3n) is 1.87. The number of para-hydroxylation sites is 1. The van der Waals surface area contributed by atoms with Crippen LogP contribution in [0.15, 0.2) is 18.2 Å². The average molecular weight is 180 g/mol. The van der Waals surface area contributed by atoms with E-state index in [0.29, 0.717) is 12.4 Å². The zero-order valence-electron chi connectivity index (χ0n) is 6.82. The van der Waals surface area contributed by atoms with Gasteiger partial charge < -0.3 is 14.6 Å². The van der Waals surface area contributed by atoms with Gasteiger partial charge in [-0.15, -0.1) is 0 Å². The average Bonchev–Trinajstić information content (AvgIpc) is 2.17. The van der Waals surface area contributed by atoms with Gasteiger partial charge in [-0.1, -0.05) is 12.1 Å². The number of hydrogen-bond acceptors (Lipinski definition) is 3. The van der Waals surface area contributed by atoms with Gasteiger partial charge in [0, 0.05) is 5.56 Å². The number of carboxylic acids is 1. The van der Waals surface area contributed by atoms with Crippen molar-refractivity contribution in [1.82, 2.24) is 0 Å². The molecule has 1 heterocycles. The quantitative estimate of drug-likeness (QED) is 0.706. The van der Waals surface area contributed by atoms with Gasteiger partial charge in [-0.3, -0.25) is 0 Å². The Labute approximate surface area is 74.7 Å². The summed E-state index contributed by atoms with van der Waals surface area (Å²) in [7, 11) is 0. The molecular weight excluding hydrogens is 172 g/mol. The molecule has 1 N–H and O–H groups in total. The first-order chi connectivity index (χ1) is 6.29. The highest BCUT2D eigenvalue weighted by Gasteiger charge is 2.18. The molecule has 0 aliphatic carbocycles. The van der Waals surface area contributed by atoms with E-state index in [4.69, 9.17) is 14.6 Å². The van der Waals surface area contributed by atoms with Gasteiger partial charge >= 0.3 is 5.97 Å². The van der Waals surface area contributed by atoms with Gasteiger partial charge in [0.05, 0.1) is 6.61 Å². The smallest absolute Gasteiger partial charge is 0.339 e. The maximum Gasteiger partial charge on any atom is 0.339 e.